The molecule has 74 heavy (non-hydrogen) atoms. The Morgan fingerprint density at radius 1 is 0.446 bits per heavy atom. The van der Waals surface area contributed by atoms with Gasteiger partial charge < -0.3 is 38.9 Å². The molecule has 0 unspecified atom stereocenters. The van der Waals surface area contributed by atoms with E-state index in [4.69, 9.17) is 17.7 Å². The van der Waals surface area contributed by atoms with Gasteiger partial charge in [-0.1, -0.05) is 0 Å². The van der Waals surface area contributed by atoms with Gasteiger partial charge in [-0.15, -0.1) is 0 Å². The molecule has 4 N–H and O–H groups in total. The topological polar surface area (TPSA) is 229 Å². The first-order chi connectivity index (χ1) is 35.6. The molecule has 0 radical (unpaired) electrons. The van der Waals surface area contributed by atoms with Crippen LogP contribution in [0.5, 0.6) is 0 Å². The highest BCUT2D eigenvalue weighted by Crippen LogP contribution is 2.36. The highest BCUT2D eigenvalue weighted by molar-refractivity contribution is 6.01. The molecule has 0 spiro atoms. The Morgan fingerprint density at radius 2 is 0.824 bits per heavy atom. The number of benzene rings is 2. The number of rotatable bonds is 23. The van der Waals surface area contributed by atoms with Crippen molar-refractivity contribution in [2.24, 2.45) is 0 Å². The first-order valence-corrected chi connectivity index (χ1v) is 25.5. The Labute approximate surface area is 428 Å². The lowest BCUT2D eigenvalue weighted by molar-refractivity contribution is -0.124. The fraction of sp³-hybridized carbons (Fsp3) is 0.379. The maximum Gasteiger partial charge on any atom is 0.336 e. The van der Waals surface area contributed by atoms with Gasteiger partial charge in [0.25, 0.3) is 0 Å². The molecule has 2 aromatic carbocycles. The molecule has 386 valence electrons. The quantitative estimate of drug-likeness (QED) is 0.0347. The predicted octanol–water partition coefficient (Wildman–Crippen LogP) is 9.55. The fourth-order valence-corrected chi connectivity index (χ4v) is 9.59. The van der Waals surface area contributed by atoms with Crippen molar-refractivity contribution in [2.75, 3.05) is 13.1 Å². The Hall–Kier alpha value is -7.88. The maximum absolute atomic E-state index is 12.8. The molecular formula is C58H64N6O10. The van der Waals surface area contributed by atoms with Crippen molar-refractivity contribution in [3.8, 4) is 11.4 Å². The molecule has 8 aromatic rings. The van der Waals surface area contributed by atoms with Crippen LogP contribution in [0, 0.1) is 41.5 Å². The largest absolute Gasteiger partial charge is 0.461 e. The van der Waals surface area contributed by atoms with Gasteiger partial charge in [0, 0.05) is 120 Å². The maximum atomic E-state index is 12.8. The number of hydrogen-bond donors (Lipinski definition) is 4. The summed E-state index contributed by atoms with van der Waals surface area (Å²) in [4.78, 5) is 83.8. The van der Waals surface area contributed by atoms with E-state index in [1.807, 2.05) is 65.8 Å². The van der Waals surface area contributed by atoms with E-state index in [-0.39, 0.29) is 62.4 Å². The fourth-order valence-electron chi connectivity index (χ4n) is 9.59. The first-order valence-electron chi connectivity index (χ1n) is 25.5. The number of pyridine rings is 2. The molecule has 0 aliphatic heterocycles. The minimum atomic E-state index is -0.409. The van der Waals surface area contributed by atoms with Gasteiger partial charge in [0.05, 0.1) is 11.4 Å². The third-order valence-corrected chi connectivity index (χ3v) is 13.7. The van der Waals surface area contributed by atoms with Crippen molar-refractivity contribution in [2.45, 2.75) is 132 Å². The van der Waals surface area contributed by atoms with Gasteiger partial charge in [-0.2, -0.15) is 0 Å². The number of carbonyl (C=O) groups excluding carboxylic acids is 4. The highest BCUT2D eigenvalue weighted by atomic mass is 16.4. The Balaban J connectivity index is 0.676. The average molecular weight is 1010 g/mol. The van der Waals surface area contributed by atoms with Gasteiger partial charge in [-0.3, -0.25) is 29.1 Å². The van der Waals surface area contributed by atoms with Crippen LogP contribution in [0.3, 0.4) is 0 Å². The van der Waals surface area contributed by atoms with Crippen LogP contribution in [0.25, 0.3) is 55.3 Å². The molecule has 0 saturated heterocycles. The van der Waals surface area contributed by atoms with Gasteiger partial charge in [-0.25, -0.2) is 9.59 Å². The first kappa shape index (κ1) is 52.4. The summed E-state index contributed by atoms with van der Waals surface area (Å²) in [6.45, 7) is 12.8. The summed E-state index contributed by atoms with van der Waals surface area (Å²) in [6.07, 6.45) is 10.5. The number of unbranched alkanes of at least 4 members (excludes halogenated alkanes) is 2. The summed E-state index contributed by atoms with van der Waals surface area (Å²) in [5, 5.41) is 15.3. The minimum absolute atomic E-state index is 0.0802. The second kappa shape index (κ2) is 23.8. The Bertz CT molecular complexity index is 3300. The lowest BCUT2D eigenvalue weighted by Crippen LogP contribution is -2.26. The molecule has 4 amide bonds. The number of nitrogens with zero attached hydrogens (tertiary/aromatic N) is 2. The monoisotopic (exact) mass is 1000 g/mol. The third-order valence-electron chi connectivity index (χ3n) is 13.7. The predicted molar refractivity (Wildman–Crippen MR) is 284 cm³/mol. The zero-order valence-electron chi connectivity index (χ0n) is 43.1. The van der Waals surface area contributed by atoms with Crippen molar-refractivity contribution >= 4 is 67.5 Å². The van der Waals surface area contributed by atoms with Crippen molar-refractivity contribution in [3.63, 3.8) is 0 Å². The summed E-state index contributed by atoms with van der Waals surface area (Å²) < 4.78 is 23.0. The molecule has 0 aliphatic carbocycles. The number of carbonyl (C=O) groups is 4. The van der Waals surface area contributed by atoms with E-state index in [0.29, 0.717) is 59.8 Å². The summed E-state index contributed by atoms with van der Waals surface area (Å²) in [7, 11) is 0. The number of aryl methyl sites for hydroxylation is 8. The van der Waals surface area contributed by atoms with E-state index >= 15 is 0 Å². The molecule has 0 bridgehead atoms. The molecule has 16 nitrogen and oxygen atoms in total. The van der Waals surface area contributed by atoms with Crippen LogP contribution < -0.4 is 32.5 Å². The van der Waals surface area contributed by atoms with Crippen molar-refractivity contribution in [1.82, 2.24) is 31.2 Å². The molecule has 6 heterocycles. The average Bonchev–Trinajstić information content (AvgIpc) is 3.87. The molecule has 8 rings (SSSR count). The number of aromatic nitrogens is 2. The summed E-state index contributed by atoms with van der Waals surface area (Å²) in [6, 6.07) is 14.9. The van der Waals surface area contributed by atoms with Gasteiger partial charge in [0.15, 0.2) is 0 Å². The number of fused-ring (bicyclic) bond motifs is 4. The zero-order chi connectivity index (χ0) is 52.5. The van der Waals surface area contributed by atoms with Gasteiger partial charge in [0.1, 0.15) is 33.9 Å². The van der Waals surface area contributed by atoms with Gasteiger partial charge in [0.2, 0.25) is 23.6 Å². The van der Waals surface area contributed by atoms with Crippen LogP contribution >= 0.6 is 0 Å². The second-order valence-electron chi connectivity index (χ2n) is 19.3. The van der Waals surface area contributed by atoms with E-state index < -0.39 is 11.3 Å². The van der Waals surface area contributed by atoms with Crippen LogP contribution in [0.2, 0.25) is 0 Å². The summed E-state index contributed by atoms with van der Waals surface area (Å²) in [5.41, 5.74) is 10.1. The van der Waals surface area contributed by atoms with Crippen molar-refractivity contribution in [3.05, 3.63) is 138 Å². The number of amides is 4. The molecule has 16 heteroatoms. The van der Waals surface area contributed by atoms with Crippen LogP contribution in [0.15, 0.2) is 88.2 Å². The van der Waals surface area contributed by atoms with Gasteiger partial charge >= 0.3 is 11.3 Å². The lowest BCUT2D eigenvalue weighted by Gasteiger charge is -2.08. The molecule has 0 saturated carbocycles. The zero-order valence-corrected chi connectivity index (χ0v) is 43.1. The van der Waals surface area contributed by atoms with Crippen molar-refractivity contribution < 1.29 is 36.8 Å². The van der Waals surface area contributed by atoms with Crippen molar-refractivity contribution in [1.29, 1.82) is 0 Å². The van der Waals surface area contributed by atoms with E-state index in [2.05, 4.69) is 43.4 Å². The molecule has 0 aliphatic rings. The molecular weight excluding hydrogens is 941 g/mol. The van der Waals surface area contributed by atoms with Crippen LogP contribution in [0.1, 0.15) is 120 Å². The lowest BCUT2D eigenvalue weighted by atomic mass is 10.0. The second-order valence-corrected chi connectivity index (χ2v) is 19.3. The summed E-state index contributed by atoms with van der Waals surface area (Å²) in [5.74, 6) is 0.906. The van der Waals surface area contributed by atoms with Gasteiger partial charge in [-0.05, 0) is 152 Å². The third kappa shape index (κ3) is 12.6. The van der Waals surface area contributed by atoms with E-state index in [1.165, 1.54) is 12.1 Å². The molecule has 0 atom stereocenters. The molecule has 0 fully saturated rings. The number of furan rings is 2. The van der Waals surface area contributed by atoms with E-state index in [0.717, 1.165) is 116 Å². The van der Waals surface area contributed by atoms with Crippen LogP contribution in [0.4, 0.5) is 0 Å². The smallest absolute Gasteiger partial charge is 0.336 e. The normalized spacial score (nSPS) is 11.5. The van der Waals surface area contributed by atoms with Crippen LogP contribution in [-0.4, -0.2) is 46.7 Å². The Kier molecular flexibility index (Phi) is 16.8. The van der Waals surface area contributed by atoms with E-state index in [9.17, 15) is 28.8 Å². The minimum Gasteiger partial charge on any atom is -0.461 e. The summed E-state index contributed by atoms with van der Waals surface area (Å²) >= 11 is 0. The number of hydrogen-bond acceptors (Lipinski definition) is 12. The van der Waals surface area contributed by atoms with E-state index in [1.54, 1.807) is 12.4 Å². The highest BCUT2D eigenvalue weighted by Gasteiger charge is 2.21. The SMILES string of the molecule is Cc1oc2c(C)c3oc(=O)cc(C)c3cc2c1CNC(=O)CCCC(=O)NCCCCc1ccnc(-c2cc(CCCCNC(=O)CCCC(=O)NCc3c(C)oc4c(C)c5oc(=O)cc(C)c5cc34)ccn2)c1. The van der Waals surface area contributed by atoms with Crippen LogP contribution in [-0.2, 0) is 45.1 Å². The molecule has 6 aromatic heterocycles. The Morgan fingerprint density at radius 3 is 1.23 bits per heavy atom. The standard InChI is InChI=1S/C58H64N6O10/c1-33-25-53(69)73-55-35(3)57-43(29-41(33)55)45(37(5)71-57)31-63-51(67)17-11-15-49(65)61-21-9-7-13-39-19-23-59-47(27-39)48-28-40(20-24-60-48)14-8-10-22-62-50(66)16-12-18-52(68)64-32-46-38(6)72-58-36(4)56-42(30-44(46)58)34(2)26-54(70)74-56/h19-20,23-30H,7-18,21-22,31-32H2,1-6H3,(H,61,65)(H,62,66)(H,63,67)(H,64,68). The number of nitrogens with one attached hydrogen (secondary N) is 4.